The van der Waals surface area contributed by atoms with Crippen molar-refractivity contribution in [1.82, 2.24) is 0 Å². The average molecular weight is 290 g/mol. The number of hydrogen-bond donors (Lipinski definition) is 0. The summed E-state index contributed by atoms with van der Waals surface area (Å²) in [7, 11) is 0. The second-order valence-electron chi connectivity index (χ2n) is 4.35. The molecule has 0 amide bonds. The highest BCUT2D eigenvalue weighted by Crippen LogP contribution is 2.23. The SMILES string of the molecule is FC(F)(F)[C@H](C#Cc1ccccc1)OCc1ccccc1. The molecule has 2 aromatic carbocycles. The molecule has 1 atom stereocenters. The molecule has 0 fully saturated rings. The molecule has 1 nitrogen and oxygen atoms in total. The molecule has 0 saturated heterocycles. The molecule has 0 bridgehead atoms. The van der Waals surface area contributed by atoms with Crippen LogP contribution in [0.4, 0.5) is 13.2 Å². The molecule has 108 valence electrons. The molecule has 0 unspecified atom stereocenters. The fraction of sp³-hybridized carbons (Fsp3) is 0.176. The Bertz CT molecular complexity index is 609. The topological polar surface area (TPSA) is 9.23 Å². The van der Waals surface area contributed by atoms with Crippen molar-refractivity contribution in [3.63, 3.8) is 0 Å². The van der Waals surface area contributed by atoms with E-state index in [0.29, 0.717) is 11.1 Å². The van der Waals surface area contributed by atoms with Crippen LogP contribution < -0.4 is 0 Å². The van der Waals surface area contributed by atoms with E-state index < -0.39 is 12.3 Å². The number of hydrogen-bond acceptors (Lipinski definition) is 1. The fourth-order valence-corrected chi connectivity index (χ4v) is 1.64. The van der Waals surface area contributed by atoms with E-state index in [4.69, 9.17) is 4.74 Å². The number of benzene rings is 2. The van der Waals surface area contributed by atoms with Gasteiger partial charge in [0.05, 0.1) is 6.61 Å². The third-order valence-electron chi connectivity index (χ3n) is 2.68. The van der Waals surface area contributed by atoms with Gasteiger partial charge in [-0.25, -0.2) is 0 Å². The summed E-state index contributed by atoms with van der Waals surface area (Å²) >= 11 is 0. The molecule has 0 radical (unpaired) electrons. The van der Waals surface area contributed by atoms with Gasteiger partial charge in [-0.1, -0.05) is 60.4 Å². The van der Waals surface area contributed by atoms with Crippen LogP contribution in [0.1, 0.15) is 11.1 Å². The fourth-order valence-electron chi connectivity index (χ4n) is 1.64. The third-order valence-corrected chi connectivity index (χ3v) is 2.68. The zero-order valence-electron chi connectivity index (χ0n) is 11.1. The van der Waals surface area contributed by atoms with Gasteiger partial charge in [-0.15, -0.1) is 0 Å². The van der Waals surface area contributed by atoms with Crippen LogP contribution in [0.3, 0.4) is 0 Å². The second-order valence-corrected chi connectivity index (χ2v) is 4.35. The zero-order valence-corrected chi connectivity index (χ0v) is 11.1. The summed E-state index contributed by atoms with van der Waals surface area (Å²) in [5, 5.41) is 0. The maximum Gasteiger partial charge on any atom is 0.426 e. The van der Waals surface area contributed by atoms with Crippen molar-refractivity contribution in [1.29, 1.82) is 0 Å². The van der Waals surface area contributed by atoms with Crippen molar-refractivity contribution in [2.45, 2.75) is 18.9 Å². The Labute approximate surface area is 121 Å². The first kappa shape index (κ1) is 15.1. The Morgan fingerprint density at radius 3 is 2.05 bits per heavy atom. The first-order valence-electron chi connectivity index (χ1n) is 6.34. The molecule has 2 rings (SSSR count). The molecule has 4 heteroatoms. The molecule has 0 saturated carbocycles. The van der Waals surface area contributed by atoms with Gasteiger partial charge >= 0.3 is 6.18 Å². The Morgan fingerprint density at radius 1 is 0.905 bits per heavy atom. The highest BCUT2D eigenvalue weighted by atomic mass is 19.4. The molecule has 0 aliphatic rings. The van der Waals surface area contributed by atoms with Crippen LogP contribution in [0.25, 0.3) is 0 Å². The van der Waals surface area contributed by atoms with Crippen molar-refractivity contribution >= 4 is 0 Å². The van der Waals surface area contributed by atoms with E-state index in [1.807, 2.05) is 0 Å². The molecule has 0 N–H and O–H groups in total. The van der Waals surface area contributed by atoms with Crippen LogP contribution in [0.5, 0.6) is 0 Å². The largest absolute Gasteiger partial charge is 0.426 e. The average Bonchev–Trinajstić information content (AvgIpc) is 2.48. The Hall–Kier alpha value is -2.25. The molecule has 0 aromatic heterocycles. The second kappa shape index (κ2) is 6.96. The molecule has 0 heterocycles. The van der Waals surface area contributed by atoms with Gasteiger partial charge in [-0.05, 0) is 17.7 Å². The lowest BCUT2D eigenvalue weighted by atomic mass is 10.2. The van der Waals surface area contributed by atoms with Gasteiger partial charge in [0.25, 0.3) is 0 Å². The summed E-state index contributed by atoms with van der Waals surface area (Å²) in [5.74, 6) is 4.64. The van der Waals surface area contributed by atoms with Gasteiger partial charge in [0.1, 0.15) is 0 Å². The van der Waals surface area contributed by atoms with E-state index in [0.717, 1.165) is 0 Å². The number of rotatable bonds is 3. The first-order valence-corrected chi connectivity index (χ1v) is 6.34. The van der Waals surface area contributed by atoms with Gasteiger partial charge in [-0.2, -0.15) is 13.2 Å². The molecule has 21 heavy (non-hydrogen) atoms. The standard InChI is InChI=1S/C17H13F3O/c18-17(19,20)16(12-11-14-7-3-1-4-8-14)21-13-15-9-5-2-6-10-15/h1-10,16H,13H2/t16-/m0/s1. The van der Waals surface area contributed by atoms with E-state index in [1.165, 1.54) is 0 Å². The minimum Gasteiger partial charge on any atom is -0.352 e. The molecular weight excluding hydrogens is 277 g/mol. The maximum atomic E-state index is 12.9. The van der Waals surface area contributed by atoms with Crippen molar-refractivity contribution in [3.05, 3.63) is 71.8 Å². The summed E-state index contributed by atoms with van der Waals surface area (Å²) in [5.41, 5.74) is 1.20. The molecule has 0 aliphatic heterocycles. The monoisotopic (exact) mass is 290 g/mol. The van der Waals surface area contributed by atoms with Crippen molar-refractivity contribution < 1.29 is 17.9 Å². The van der Waals surface area contributed by atoms with E-state index >= 15 is 0 Å². The molecular formula is C17H13F3O. The molecule has 0 spiro atoms. The lowest BCUT2D eigenvalue weighted by Gasteiger charge is -2.15. The van der Waals surface area contributed by atoms with Crippen LogP contribution >= 0.6 is 0 Å². The lowest BCUT2D eigenvalue weighted by Crippen LogP contribution is -2.30. The van der Waals surface area contributed by atoms with Gasteiger partial charge < -0.3 is 4.74 Å². The van der Waals surface area contributed by atoms with E-state index in [1.54, 1.807) is 60.7 Å². The van der Waals surface area contributed by atoms with Crippen molar-refractivity contribution in [2.24, 2.45) is 0 Å². The predicted octanol–water partition coefficient (Wildman–Crippen LogP) is 4.19. The van der Waals surface area contributed by atoms with Crippen LogP contribution in [0.2, 0.25) is 0 Å². The molecule has 0 aliphatic carbocycles. The lowest BCUT2D eigenvalue weighted by molar-refractivity contribution is -0.203. The van der Waals surface area contributed by atoms with Gasteiger partial charge in [0, 0.05) is 5.56 Å². The van der Waals surface area contributed by atoms with Crippen molar-refractivity contribution in [3.8, 4) is 11.8 Å². The van der Waals surface area contributed by atoms with E-state index in [9.17, 15) is 13.2 Å². The van der Waals surface area contributed by atoms with Crippen molar-refractivity contribution in [2.75, 3.05) is 0 Å². The summed E-state index contributed by atoms with van der Waals surface area (Å²) in [6, 6.07) is 17.2. The highest BCUT2D eigenvalue weighted by molar-refractivity contribution is 5.34. The summed E-state index contributed by atoms with van der Waals surface area (Å²) in [4.78, 5) is 0. The smallest absolute Gasteiger partial charge is 0.352 e. The van der Waals surface area contributed by atoms with Gasteiger partial charge in [0.2, 0.25) is 6.10 Å². The number of alkyl halides is 3. The van der Waals surface area contributed by atoms with Crippen LogP contribution in [-0.2, 0) is 11.3 Å². The number of halogens is 3. The van der Waals surface area contributed by atoms with Crippen LogP contribution in [-0.4, -0.2) is 12.3 Å². The molecule has 2 aromatic rings. The predicted molar refractivity (Wildman–Crippen MR) is 74.4 cm³/mol. The number of ether oxygens (including phenoxy) is 1. The normalized spacial score (nSPS) is 12.3. The zero-order chi connectivity index (χ0) is 15.1. The quantitative estimate of drug-likeness (QED) is 0.770. The summed E-state index contributed by atoms with van der Waals surface area (Å²) in [6.45, 7) is -0.130. The summed E-state index contributed by atoms with van der Waals surface area (Å²) in [6.07, 6.45) is -6.62. The van der Waals surface area contributed by atoms with E-state index in [-0.39, 0.29) is 6.61 Å². The first-order chi connectivity index (χ1) is 10.1. The third kappa shape index (κ3) is 4.97. The minimum absolute atomic E-state index is 0.130. The summed E-state index contributed by atoms with van der Waals surface area (Å²) < 4.78 is 43.6. The highest BCUT2D eigenvalue weighted by Gasteiger charge is 2.39. The maximum absolute atomic E-state index is 12.9. The minimum atomic E-state index is -4.52. The van der Waals surface area contributed by atoms with Crippen LogP contribution in [0, 0.1) is 11.8 Å². The van der Waals surface area contributed by atoms with Gasteiger partial charge in [-0.3, -0.25) is 0 Å². The van der Waals surface area contributed by atoms with Gasteiger partial charge in [0.15, 0.2) is 0 Å². The Balaban J connectivity index is 2.08. The Morgan fingerprint density at radius 2 is 1.48 bits per heavy atom. The van der Waals surface area contributed by atoms with Crippen LogP contribution in [0.15, 0.2) is 60.7 Å². The Kier molecular flexibility index (Phi) is 5.02. The van der Waals surface area contributed by atoms with E-state index in [2.05, 4.69) is 11.8 Å².